The summed E-state index contributed by atoms with van der Waals surface area (Å²) in [4.78, 5) is 0. The van der Waals surface area contributed by atoms with E-state index in [4.69, 9.17) is 14.2 Å². The number of hydrogen-bond acceptors (Lipinski definition) is 3. The fourth-order valence-corrected chi connectivity index (χ4v) is 5.31. The molecule has 0 spiro atoms. The average molecular weight is 571 g/mol. The lowest BCUT2D eigenvalue weighted by atomic mass is 9.84. The van der Waals surface area contributed by atoms with Gasteiger partial charge in [0.05, 0.1) is 12.0 Å². The van der Waals surface area contributed by atoms with Crippen molar-refractivity contribution in [3.8, 4) is 33.8 Å². The lowest BCUT2D eigenvalue weighted by Gasteiger charge is -2.34. The maximum Gasteiger partial charge on any atom is 0.209 e. The Morgan fingerprint density at radius 3 is 1.67 bits per heavy atom. The first-order chi connectivity index (χ1) is 21.0. The van der Waals surface area contributed by atoms with Crippen LogP contribution in [0.4, 0.5) is 0 Å². The van der Waals surface area contributed by atoms with Crippen molar-refractivity contribution in [2.75, 3.05) is 13.2 Å². The van der Waals surface area contributed by atoms with Crippen LogP contribution >= 0.6 is 0 Å². The fraction of sp³-hybridized carbons (Fsp3) is 0.250. The van der Waals surface area contributed by atoms with Crippen LogP contribution in [0.25, 0.3) is 22.3 Å². The SMILES string of the molecule is CCC(C)c1ccc(OC(OCCOc2c(-c3ccccc3)cccc2-c2ccccc2)C(C)(C)c2ccccc2)cc1. The molecule has 2 unspecified atom stereocenters. The molecule has 0 fully saturated rings. The maximum atomic E-state index is 6.57. The summed E-state index contributed by atoms with van der Waals surface area (Å²) in [5.41, 5.74) is 6.40. The average Bonchev–Trinajstić information content (AvgIpc) is 3.07. The minimum Gasteiger partial charge on any atom is -0.490 e. The van der Waals surface area contributed by atoms with Crippen LogP contribution in [0, 0.1) is 0 Å². The second-order valence-electron chi connectivity index (χ2n) is 11.5. The van der Waals surface area contributed by atoms with Crippen LogP contribution in [0.3, 0.4) is 0 Å². The first kappa shape index (κ1) is 30.1. The summed E-state index contributed by atoms with van der Waals surface area (Å²) in [5, 5.41) is 0. The van der Waals surface area contributed by atoms with Crippen molar-refractivity contribution in [2.24, 2.45) is 0 Å². The molecule has 0 aromatic heterocycles. The van der Waals surface area contributed by atoms with Gasteiger partial charge in [-0.15, -0.1) is 0 Å². The Labute approximate surface area is 257 Å². The zero-order valence-corrected chi connectivity index (χ0v) is 25.7. The van der Waals surface area contributed by atoms with Gasteiger partial charge in [-0.3, -0.25) is 0 Å². The van der Waals surface area contributed by atoms with Crippen molar-refractivity contribution in [1.82, 2.24) is 0 Å². The first-order valence-corrected chi connectivity index (χ1v) is 15.3. The van der Waals surface area contributed by atoms with Gasteiger partial charge >= 0.3 is 0 Å². The van der Waals surface area contributed by atoms with Gasteiger partial charge in [0.25, 0.3) is 0 Å². The minimum absolute atomic E-state index is 0.364. The number of rotatable bonds is 13. The van der Waals surface area contributed by atoms with Crippen molar-refractivity contribution in [3.63, 3.8) is 0 Å². The third kappa shape index (κ3) is 7.36. The molecular formula is C40H42O3. The van der Waals surface area contributed by atoms with E-state index in [0.29, 0.717) is 19.1 Å². The van der Waals surface area contributed by atoms with Gasteiger partial charge in [0.1, 0.15) is 18.1 Å². The Kier molecular flexibility index (Phi) is 9.96. The molecule has 0 heterocycles. The molecule has 5 aromatic carbocycles. The predicted molar refractivity (Wildman–Crippen MR) is 178 cm³/mol. The molecule has 0 aliphatic rings. The van der Waals surface area contributed by atoms with Gasteiger partial charge in [0.2, 0.25) is 6.29 Å². The Morgan fingerprint density at radius 1 is 0.605 bits per heavy atom. The van der Waals surface area contributed by atoms with Crippen LogP contribution in [0.1, 0.15) is 51.2 Å². The summed E-state index contributed by atoms with van der Waals surface area (Å²) in [5.74, 6) is 2.16. The van der Waals surface area contributed by atoms with Gasteiger partial charge in [-0.05, 0) is 60.6 Å². The van der Waals surface area contributed by atoms with E-state index in [1.165, 1.54) is 5.56 Å². The maximum absolute atomic E-state index is 6.57. The standard InChI is InChI=1S/C40H42O3/c1-5-30(2)31-24-26-35(27-25-31)43-39(40(3,4)34-20-13-8-14-21-34)42-29-28-41-38-36(32-16-9-6-10-17-32)22-15-23-37(38)33-18-11-7-12-19-33/h6-27,30,39H,5,28-29H2,1-4H3. The van der Waals surface area contributed by atoms with Gasteiger partial charge in [-0.2, -0.15) is 0 Å². The molecule has 220 valence electrons. The molecule has 0 radical (unpaired) electrons. The minimum atomic E-state index is -0.522. The van der Waals surface area contributed by atoms with Crippen molar-refractivity contribution in [3.05, 3.63) is 145 Å². The summed E-state index contributed by atoms with van der Waals surface area (Å²) >= 11 is 0. The lowest BCUT2D eigenvalue weighted by Crippen LogP contribution is -2.41. The summed E-state index contributed by atoms with van der Waals surface area (Å²) in [6, 6.07) is 45.9. The number of ether oxygens (including phenoxy) is 3. The van der Waals surface area contributed by atoms with E-state index in [-0.39, 0.29) is 0 Å². The summed E-state index contributed by atoms with van der Waals surface area (Å²) in [6.45, 7) is 9.54. The van der Waals surface area contributed by atoms with E-state index in [9.17, 15) is 0 Å². The Bertz CT molecular complexity index is 1490. The van der Waals surface area contributed by atoms with Crippen molar-refractivity contribution >= 4 is 0 Å². The Morgan fingerprint density at radius 2 is 1.14 bits per heavy atom. The first-order valence-electron chi connectivity index (χ1n) is 15.3. The van der Waals surface area contributed by atoms with Gasteiger partial charge in [-0.25, -0.2) is 0 Å². The van der Waals surface area contributed by atoms with Crippen LogP contribution < -0.4 is 9.47 Å². The van der Waals surface area contributed by atoms with Gasteiger partial charge in [0.15, 0.2) is 0 Å². The van der Waals surface area contributed by atoms with E-state index in [2.05, 4.69) is 143 Å². The van der Waals surface area contributed by atoms with Crippen LogP contribution in [-0.2, 0) is 10.2 Å². The van der Waals surface area contributed by atoms with Gasteiger partial charge < -0.3 is 14.2 Å². The molecule has 0 aliphatic heterocycles. The van der Waals surface area contributed by atoms with Gasteiger partial charge in [-0.1, -0.05) is 135 Å². The highest BCUT2D eigenvalue weighted by atomic mass is 16.7. The highest BCUT2D eigenvalue weighted by Gasteiger charge is 2.34. The molecule has 3 heteroatoms. The molecular weight excluding hydrogens is 528 g/mol. The van der Waals surface area contributed by atoms with Crippen molar-refractivity contribution in [1.29, 1.82) is 0 Å². The highest BCUT2D eigenvalue weighted by Crippen LogP contribution is 2.39. The molecule has 5 rings (SSSR count). The van der Waals surface area contributed by atoms with Crippen LogP contribution in [0.15, 0.2) is 133 Å². The molecule has 43 heavy (non-hydrogen) atoms. The molecule has 0 aliphatic carbocycles. The topological polar surface area (TPSA) is 27.7 Å². The molecule has 3 nitrogen and oxygen atoms in total. The highest BCUT2D eigenvalue weighted by molar-refractivity contribution is 5.82. The van der Waals surface area contributed by atoms with E-state index in [1.807, 2.05) is 18.2 Å². The quantitative estimate of drug-likeness (QED) is 0.104. The fourth-order valence-electron chi connectivity index (χ4n) is 5.31. The Hall–Kier alpha value is -4.34. The number of benzene rings is 5. The van der Waals surface area contributed by atoms with E-state index >= 15 is 0 Å². The molecule has 0 bridgehead atoms. The summed E-state index contributed by atoms with van der Waals surface area (Å²) in [7, 11) is 0. The zero-order chi connectivity index (χ0) is 30.1. The molecule has 0 saturated heterocycles. The predicted octanol–water partition coefficient (Wildman–Crippen LogP) is 10.3. The second kappa shape index (κ2) is 14.2. The summed E-state index contributed by atoms with van der Waals surface area (Å²) < 4.78 is 19.7. The van der Waals surface area contributed by atoms with Crippen LogP contribution in [-0.4, -0.2) is 19.5 Å². The normalized spacial score (nSPS) is 12.8. The second-order valence-corrected chi connectivity index (χ2v) is 11.5. The van der Waals surface area contributed by atoms with E-state index in [0.717, 1.165) is 45.7 Å². The van der Waals surface area contributed by atoms with Crippen LogP contribution in [0.2, 0.25) is 0 Å². The molecule has 2 atom stereocenters. The smallest absolute Gasteiger partial charge is 0.209 e. The van der Waals surface area contributed by atoms with Crippen LogP contribution in [0.5, 0.6) is 11.5 Å². The molecule has 0 N–H and O–H groups in total. The van der Waals surface area contributed by atoms with Gasteiger partial charge in [0, 0.05) is 11.1 Å². The summed E-state index contributed by atoms with van der Waals surface area (Å²) in [6.07, 6.45) is 0.581. The third-order valence-electron chi connectivity index (χ3n) is 8.20. The Balaban J connectivity index is 1.37. The largest absolute Gasteiger partial charge is 0.490 e. The number of para-hydroxylation sites is 1. The molecule has 0 saturated carbocycles. The van der Waals surface area contributed by atoms with E-state index < -0.39 is 11.7 Å². The van der Waals surface area contributed by atoms with Crippen molar-refractivity contribution in [2.45, 2.75) is 51.7 Å². The third-order valence-corrected chi connectivity index (χ3v) is 8.20. The van der Waals surface area contributed by atoms with Crippen molar-refractivity contribution < 1.29 is 14.2 Å². The monoisotopic (exact) mass is 570 g/mol. The molecule has 5 aromatic rings. The molecule has 0 amide bonds. The zero-order valence-electron chi connectivity index (χ0n) is 25.7. The number of hydrogen-bond donors (Lipinski definition) is 0. The lowest BCUT2D eigenvalue weighted by molar-refractivity contribution is -0.125. The van der Waals surface area contributed by atoms with E-state index in [1.54, 1.807) is 0 Å².